The summed E-state index contributed by atoms with van der Waals surface area (Å²) >= 11 is 0. The second-order valence-electron chi connectivity index (χ2n) is 5.00. The van der Waals surface area contributed by atoms with E-state index >= 15 is 0 Å². The van der Waals surface area contributed by atoms with E-state index in [0.29, 0.717) is 18.1 Å². The average Bonchev–Trinajstić information content (AvgIpc) is 2.60. The van der Waals surface area contributed by atoms with Crippen molar-refractivity contribution < 1.29 is 24.1 Å². The van der Waals surface area contributed by atoms with Crippen LogP contribution in [0.5, 0.6) is 11.5 Å². The Balaban J connectivity index is 2.05. The lowest BCUT2D eigenvalue weighted by Crippen LogP contribution is -2.24. The Hall–Kier alpha value is -2.53. The molecule has 2 aromatic carbocycles. The number of hydrogen-bond donors (Lipinski definition) is 1. The quantitative estimate of drug-likeness (QED) is 0.794. The average molecular weight is 316 g/mol. The van der Waals surface area contributed by atoms with E-state index in [4.69, 9.17) is 9.47 Å². The highest BCUT2D eigenvalue weighted by molar-refractivity contribution is 5.74. The highest BCUT2D eigenvalue weighted by Gasteiger charge is 2.17. The number of hydrogen-bond acceptors (Lipinski definition) is 5. The van der Waals surface area contributed by atoms with Crippen LogP contribution in [0.2, 0.25) is 0 Å². The lowest BCUT2D eigenvalue weighted by atomic mass is 10.1. The van der Waals surface area contributed by atoms with Crippen LogP contribution >= 0.6 is 0 Å². The molecule has 1 N–H and O–H groups in total. The molecule has 1 unspecified atom stereocenters. The minimum atomic E-state index is -1.19. The zero-order chi connectivity index (χ0) is 16.7. The van der Waals surface area contributed by atoms with E-state index < -0.39 is 12.1 Å². The highest BCUT2D eigenvalue weighted by atomic mass is 16.5. The molecule has 0 amide bonds. The molecular weight excluding hydrogens is 296 g/mol. The van der Waals surface area contributed by atoms with Gasteiger partial charge in [-0.1, -0.05) is 36.4 Å². The van der Waals surface area contributed by atoms with Gasteiger partial charge in [0.25, 0.3) is 0 Å². The smallest absolute Gasteiger partial charge is 0.335 e. The Morgan fingerprint density at radius 2 is 1.78 bits per heavy atom. The number of aliphatic hydroxyl groups is 1. The minimum absolute atomic E-state index is 0.155. The van der Waals surface area contributed by atoms with Gasteiger partial charge >= 0.3 is 5.97 Å². The Morgan fingerprint density at radius 1 is 1.04 bits per heavy atom. The summed E-state index contributed by atoms with van der Waals surface area (Å²) in [6, 6.07) is 15.1. The van der Waals surface area contributed by atoms with Crippen molar-refractivity contribution >= 4 is 5.97 Å². The van der Waals surface area contributed by atoms with Gasteiger partial charge in [0, 0.05) is 6.42 Å². The van der Waals surface area contributed by atoms with Gasteiger partial charge in [-0.15, -0.1) is 0 Å². The molecule has 0 fully saturated rings. The van der Waals surface area contributed by atoms with Crippen molar-refractivity contribution in [3.05, 3.63) is 59.7 Å². The molecule has 5 heteroatoms. The SMILES string of the molecule is COC(=O)C(O)Cc1ccc(OCc2ccccc2)c(OC)c1. The van der Waals surface area contributed by atoms with E-state index in [1.54, 1.807) is 25.3 Å². The maximum absolute atomic E-state index is 11.3. The van der Waals surface area contributed by atoms with Crippen molar-refractivity contribution in [2.75, 3.05) is 14.2 Å². The third-order valence-electron chi connectivity index (χ3n) is 3.37. The molecule has 1 atom stereocenters. The number of methoxy groups -OCH3 is 2. The fourth-order valence-corrected chi connectivity index (χ4v) is 2.14. The molecule has 0 radical (unpaired) electrons. The third kappa shape index (κ3) is 4.72. The number of esters is 1. The largest absolute Gasteiger partial charge is 0.493 e. The van der Waals surface area contributed by atoms with Gasteiger partial charge < -0.3 is 19.3 Å². The standard InChI is InChI=1S/C18H20O5/c1-21-17-11-14(10-15(19)18(20)22-2)8-9-16(17)23-12-13-6-4-3-5-7-13/h3-9,11,15,19H,10,12H2,1-2H3. The Kier molecular flexibility index (Phi) is 6.00. The van der Waals surface area contributed by atoms with Crippen LogP contribution in [0.4, 0.5) is 0 Å². The van der Waals surface area contributed by atoms with Gasteiger partial charge in [0.1, 0.15) is 6.61 Å². The molecule has 0 saturated carbocycles. The lowest BCUT2D eigenvalue weighted by molar-refractivity contribution is -0.150. The van der Waals surface area contributed by atoms with E-state index in [0.717, 1.165) is 11.1 Å². The van der Waals surface area contributed by atoms with E-state index in [-0.39, 0.29) is 6.42 Å². The fourth-order valence-electron chi connectivity index (χ4n) is 2.14. The maximum atomic E-state index is 11.3. The van der Waals surface area contributed by atoms with Crippen LogP contribution in [0, 0.1) is 0 Å². The summed E-state index contributed by atoms with van der Waals surface area (Å²) in [6.07, 6.45) is -1.04. The van der Waals surface area contributed by atoms with Crippen LogP contribution in [0.3, 0.4) is 0 Å². The number of ether oxygens (including phenoxy) is 3. The molecule has 0 aliphatic carbocycles. The van der Waals surface area contributed by atoms with Crippen molar-refractivity contribution in [3.8, 4) is 11.5 Å². The van der Waals surface area contributed by atoms with Gasteiger partial charge in [0.15, 0.2) is 17.6 Å². The predicted molar refractivity (Wildman–Crippen MR) is 85.5 cm³/mol. The summed E-state index contributed by atoms with van der Waals surface area (Å²) < 4.78 is 15.6. The molecule has 0 aliphatic heterocycles. The molecule has 0 spiro atoms. The molecule has 2 aromatic rings. The van der Waals surface area contributed by atoms with Crippen molar-refractivity contribution in [3.63, 3.8) is 0 Å². The first kappa shape index (κ1) is 16.8. The molecule has 0 saturated heterocycles. The van der Waals surface area contributed by atoms with Gasteiger partial charge in [-0.05, 0) is 23.3 Å². The summed E-state index contributed by atoms with van der Waals surface area (Å²) in [7, 11) is 2.79. The maximum Gasteiger partial charge on any atom is 0.335 e. The van der Waals surface area contributed by atoms with Crippen molar-refractivity contribution in [1.82, 2.24) is 0 Å². The van der Waals surface area contributed by atoms with E-state index in [9.17, 15) is 9.90 Å². The second-order valence-corrected chi connectivity index (χ2v) is 5.00. The summed E-state index contributed by atoms with van der Waals surface area (Å²) in [6.45, 7) is 0.432. The van der Waals surface area contributed by atoms with Gasteiger partial charge in [-0.3, -0.25) is 0 Å². The molecule has 23 heavy (non-hydrogen) atoms. The van der Waals surface area contributed by atoms with Crippen molar-refractivity contribution in [2.24, 2.45) is 0 Å². The van der Waals surface area contributed by atoms with Crippen LogP contribution < -0.4 is 9.47 Å². The Morgan fingerprint density at radius 3 is 2.43 bits per heavy atom. The summed E-state index contributed by atoms with van der Waals surface area (Å²) in [5.74, 6) is 0.497. The van der Waals surface area contributed by atoms with Crippen LogP contribution in [0.15, 0.2) is 48.5 Å². The van der Waals surface area contributed by atoms with Gasteiger partial charge in [0.05, 0.1) is 14.2 Å². The summed E-state index contributed by atoms with van der Waals surface area (Å²) in [5.41, 5.74) is 1.81. The minimum Gasteiger partial charge on any atom is -0.493 e. The van der Waals surface area contributed by atoms with Gasteiger partial charge in [-0.2, -0.15) is 0 Å². The van der Waals surface area contributed by atoms with Crippen molar-refractivity contribution in [2.45, 2.75) is 19.1 Å². The van der Waals surface area contributed by atoms with E-state index in [1.165, 1.54) is 7.11 Å². The monoisotopic (exact) mass is 316 g/mol. The predicted octanol–water partition coefficient (Wildman–Crippen LogP) is 2.35. The molecule has 0 bridgehead atoms. The second kappa shape index (κ2) is 8.19. The Bertz CT molecular complexity index is 639. The van der Waals surface area contributed by atoms with Crippen LogP contribution in [0.25, 0.3) is 0 Å². The number of rotatable bonds is 7. The fraction of sp³-hybridized carbons (Fsp3) is 0.278. The molecule has 0 heterocycles. The lowest BCUT2D eigenvalue weighted by Gasteiger charge is -2.13. The number of benzene rings is 2. The number of aliphatic hydroxyl groups excluding tert-OH is 1. The third-order valence-corrected chi connectivity index (χ3v) is 3.37. The molecule has 0 aliphatic rings. The first-order valence-corrected chi connectivity index (χ1v) is 7.23. The van der Waals surface area contributed by atoms with Gasteiger partial charge in [-0.25, -0.2) is 4.79 Å². The van der Waals surface area contributed by atoms with Crippen LogP contribution in [-0.4, -0.2) is 31.4 Å². The first-order valence-electron chi connectivity index (χ1n) is 7.23. The van der Waals surface area contributed by atoms with Crippen LogP contribution in [-0.2, 0) is 22.6 Å². The molecular formula is C18H20O5. The van der Waals surface area contributed by atoms with Crippen LogP contribution in [0.1, 0.15) is 11.1 Å². The normalized spacial score (nSPS) is 11.6. The number of carbonyl (C=O) groups excluding carboxylic acids is 1. The topological polar surface area (TPSA) is 65.0 Å². The number of carbonyl (C=O) groups is 1. The Labute approximate surface area is 135 Å². The molecule has 122 valence electrons. The summed E-state index contributed by atoms with van der Waals surface area (Å²) in [4.78, 5) is 11.3. The zero-order valence-corrected chi connectivity index (χ0v) is 13.2. The first-order chi connectivity index (χ1) is 11.1. The highest BCUT2D eigenvalue weighted by Crippen LogP contribution is 2.29. The zero-order valence-electron chi connectivity index (χ0n) is 13.2. The molecule has 0 aromatic heterocycles. The van der Waals surface area contributed by atoms with E-state index in [2.05, 4.69) is 4.74 Å². The van der Waals surface area contributed by atoms with E-state index in [1.807, 2.05) is 30.3 Å². The molecule has 2 rings (SSSR count). The summed E-state index contributed by atoms with van der Waals surface area (Å²) in [5, 5.41) is 9.71. The molecule has 5 nitrogen and oxygen atoms in total. The van der Waals surface area contributed by atoms with Gasteiger partial charge in [0.2, 0.25) is 0 Å². The van der Waals surface area contributed by atoms with Crippen molar-refractivity contribution in [1.29, 1.82) is 0 Å².